The molecule has 180 valence electrons. The van der Waals surface area contributed by atoms with Gasteiger partial charge in [-0.3, -0.25) is 24.1 Å². The molecule has 2 amide bonds. The first-order valence-corrected chi connectivity index (χ1v) is 12.3. The maximum absolute atomic E-state index is 13.8. The predicted octanol–water partition coefficient (Wildman–Crippen LogP) is 4.68. The molecule has 6 rings (SSSR count). The van der Waals surface area contributed by atoms with Gasteiger partial charge in [-0.15, -0.1) is 0 Å². The van der Waals surface area contributed by atoms with Crippen LogP contribution in [-0.4, -0.2) is 28.5 Å². The van der Waals surface area contributed by atoms with E-state index in [2.05, 4.69) is 0 Å². The summed E-state index contributed by atoms with van der Waals surface area (Å²) in [5.74, 6) is -3.53. The van der Waals surface area contributed by atoms with Crippen LogP contribution in [-0.2, 0) is 19.2 Å². The van der Waals surface area contributed by atoms with Crippen molar-refractivity contribution in [2.75, 3.05) is 4.90 Å². The van der Waals surface area contributed by atoms with Gasteiger partial charge in [-0.25, -0.2) is 0 Å². The molecule has 4 aliphatic rings. The second-order valence-corrected chi connectivity index (χ2v) is 10.2. The zero-order chi connectivity index (χ0) is 25.3. The Labute approximate surface area is 212 Å². The SMILES string of the molecule is CC1=CC(=O)C2=C(C[C@@H]3C(=CC[C@@H]4C(=O)N(c5ccccc5)C(=O)[C@@H]43)[C@@H]2c2cc(Cl)ccc2O)C1=O. The molecule has 1 aliphatic heterocycles. The number of hydrogen-bond acceptors (Lipinski definition) is 5. The smallest absolute Gasteiger partial charge is 0.238 e. The van der Waals surface area contributed by atoms with Gasteiger partial charge in [0, 0.05) is 33.2 Å². The fourth-order valence-electron chi connectivity index (χ4n) is 6.33. The number of anilines is 1. The monoisotopic (exact) mass is 499 g/mol. The Kier molecular flexibility index (Phi) is 5.12. The van der Waals surface area contributed by atoms with E-state index in [0.717, 1.165) is 5.57 Å². The summed E-state index contributed by atoms with van der Waals surface area (Å²) in [4.78, 5) is 55.0. The molecule has 7 heteroatoms. The quantitative estimate of drug-likeness (QED) is 0.368. The number of amides is 2. The van der Waals surface area contributed by atoms with Crippen molar-refractivity contribution in [1.82, 2.24) is 0 Å². The molecule has 0 aromatic heterocycles. The number of carbonyl (C=O) groups excluding carboxylic acids is 4. The molecule has 0 radical (unpaired) electrons. The molecule has 0 bridgehead atoms. The topological polar surface area (TPSA) is 91.8 Å². The van der Waals surface area contributed by atoms with Crippen LogP contribution in [0.15, 0.2) is 83.0 Å². The molecule has 1 N–H and O–H groups in total. The van der Waals surface area contributed by atoms with Crippen molar-refractivity contribution in [3.8, 4) is 5.75 Å². The zero-order valence-corrected chi connectivity index (χ0v) is 20.2. The zero-order valence-electron chi connectivity index (χ0n) is 19.4. The van der Waals surface area contributed by atoms with Crippen molar-refractivity contribution in [3.05, 3.63) is 93.6 Å². The molecule has 2 aromatic carbocycles. The van der Waals surface area contributed by atoms with Gasteiger partial charge in [-0.05, 0) is 62.1 Å². The second-order valence-electron chi connectivity index (χ2n) is 9.78. The van der Waals surface area contributed by atoms with E-state index in [1.165, 1.54) is 17.0 Å². The summed E-state index contributed by atoms with van der Waals surface area (Å²) >= 11 is 6.28. The number of hydrogen-bond donors (Lipinski definition) is 1. The summed E-state index contributed by atoms with van der Waals surface area (Å²) in [5.41, 5.74) is 2.72. The lowest BCUT2D eigenvalue weighted by atomic mass is 9.59. The van der Waals surface area contributed by atoms with Gasteiger partial charge in [0.05, 0.1) is 17.5 Å². The number of rotatable bonds is 2. The average Bonchev–Trinajstić information content (AvgIpc) is 3.13. The molecular weight excluding hydrogens is 478 g/mol. The van der Waals surface area contributed by atoms with Gasteiger partial charge in [0.2, 0.25) is 11.8 Å². The lowest BCUT2D eigenvalue weighted by molar-refractivity contribution is -0.123. The third-order valence-corrected chi connectivity index (χ3v) is 8.11. The van der Waals surface area contributed by atoms with E-state index in [9.17, 15) is 24.3 Å². The predicted molar refractivity (Wildman–Crippen MR) is 133 cm³/mol. The van der Waals surface area contributed by atoms with Gasteiger partial charge in [-0.1, -0.05) is 41.4 Å². The molecule has 2 aromatic rings. The lowest BCUT2D eigenvalue weighted by Gasteiger charge is -2.42. The number of halogens is 1. The van der Waals surface area contributed by atoms with E-state index >= 15 is 0 Å². The molecule has 36 heavy (non-hydrogen) atoms. The van der Waals surface area contributed by atoms with E-state index in [4.69, 9.17) is 11.6 Å². The van der Waals surface area contributed by atoms with Crippen LogP contribution in [0.3, 0.4) is 0 Å². The van der Waals surface area contributed by atoms with Crippen molar-refractivity contribution in [2.45, 2.75) is 25.7 Å². The van der Waals surface area contributed by atoms with Crippen molar-refractivity contribution >= 4 is 40.7 Å². The number of carbonyl (C=O) groups is 4. The average molecular weight is 500 g/mol. The molecule has 0 saturated carbocycles. The Morgan fingerprint density at radius 3 is 2.47 bits per heavy atom. The Morgan fingerprint density at radius 2 is 1.72 bits per heavy atom. The first-order chi connectivity index (χ1) is 17.3. The van der Waals surface area contributed by atoms with Crippen molar-refractivity contribution in [2.24, 2.45) is 17.8 Å². The summed E-state index contributed by atoms with van der Waals surface area (Å²) in [6.07, 6.45) is 3.78. The fourth-order valence-corrected chi connectivity index (χ4v) is 6.51. The highest BCUT2D eigenvalue weighted by molar-refractivity contribution is 6.30. The van der Waals surface area contributed by atoms with E-state index in [1.54, 1.807) is 43.3 Å². The van der Waals surface area contributed by atoms with Crippen molar-refractivity contribution in [3.63, 3.8) is 0 Å². The van der Waals surface area contributed by atoms with Crippen LogP contribution in [0.25, 0.3) is 0 Å². The Hall–Kier alpha value is -3.77. The highest BCUT2D eigenvalue weighted by Gasteiger charge is 2.56. The first kappa shape index (κ1) is 22.7. The molecule has 1 heterocycles. The molecule has 6 nitrogen and oxygen atoms in total. The van der Waals surface area contributed by atoms with Gasteiger partial charge in [0.25, 0.3) is 0 Å². The van der Waals surface area contributed by atoms with Crippen LogP contribution >= 0.6 is 11.6 Å². The lowest BCUT2D eigenvalue weighted by Crippen LogP contribution is -2.39. The van der Waals surface area contributed by atoms with Crippen LogP contribution in [0.4, 0.5) is 5.69 Å². The molecule has 3 aliphatic carbocycles. The highest BCUT2D eigenvalue weighted by atomic mass is 35.5. The van der Waals surface area contributed by atoms with Crippen molar-refractivity contribution < 1.29 is 24.3 Å². The van der Waals surface area contributed by atoms with Crippen molar-refractivity contribution in [1.29, 1.82) is 0 Å². The number of imide groups is 1. The number of fused-ring (bicyclic) bond motifs is 3. The number of benzene rings is 2. The number of phenols is 1. The number of para-hydroxylation sites is 1. The Bertz CT molecular complexity index is 1470. The van der Waals surface area contributed by atoms with Crippen LogP contribution in [0.1, 0.15) is 31.2 Å². The van der Waals surface area contributed by atoms with Gasteiger partial charge < -0.3 is 5.11 Å². The highest BCUT2D eigenvalue weighted by Crippen LogP contribution is 2.56. The van der Waals surface area contributed by atoms with E-state index in [-0.39, 0.29) is 35.6 Å². The van der Waals surface area contributed by atoms with Gasteiger partial charge in [0.1, 0.15) is 5.75 Å². The van der Waals surface area contributed by atoms with E-state index < -0.39 is 23.7 Å². The standard InChI is InChI=1S/C29H22ClNO5/c1-14-11-23(33)26-21(27(14)34)13-19-17(24(26)20-12-15(30)7-10-22(20)32)8-9-18-25(19)29(36)31(28(18)35)16-5-3-2-4-6-16/h2-8,10-12,18-19,24-25,32H,9,13H2,1H3/t18-,19+,24+,25-/m0/s1. The van der Waals surface area contributed by atoms with Gasteiger partial charge in [-0.2, -0.15) is 0 Å². The summed E-state index contributed by atoms with van der Waals surface area (Å²) in [5, 5.41) is 11.2. The van der Waals surface area contributed by atoms with Gasteiger partial charge in [0.15, 0.2) is 11.6 Å². The summed E-state index contributed by atoms with van der Waals surface area (Å²) in [6, 6.07) is 13.4. The third kappa shape index (κ3) is 3.17. The molecule has 0 spiro atoms. The maximum Gasteiger partial charge on any atom is 0.238 e. The summed E-state index contributed by atoms with van der Waals surface area (Å²) in [7, 11) is 0. The Morgan fingerprint density at radius 1 is 0.972 bits per heavy atom. The minimum absolute atomic E-state index is 0.0498. The van der Waals surface area contributed by atoms with E-state index in [0.29, 0.717) is 39.4 Å². The number of nitrogens with zero attached hydrogens (tertiary/aromatic N) is 1. The van der Waals surface area contributed by atoms with Crippen LogP contribution < -0.4 is 4.90 Å². The normalized spacial score (nSPS) is 27.4. The molecule has 0 unspecified atom stereocenters. The molecular formula is C29H22ClNO5. The minimum atomic E-state index is -0.729. The van der Waals surface area contributed by atoms with Gasteiger partial charge >= 0.3 is 0 Å². The third-order valence-electron chi connectivity index (χ3n) is 7.88. The second kappa shape index (κ2) is 8.14. The van der Waals surface area contributed by atoms with Crippen LogP contribution in [0.5, 0.6) is 5.75 Å². The summed E-state index contributed by atoms with van der Waals surface area (Å²) < 4.78 is 0. The van der Waals surface area contributed by atoms with Crippen LogP contribution in [0, 0.1) is 17.8 Å². The molecule has 1 saturated heterocycles. The molecule has 4 atom stereocenters. The summed E-state index contributed by atoms with van der Waals surface area (Å²) in [6.45, 7) is 1.60. The number of ketones is 2. The maximum atomic E-state index is 13.8. The fraction of sp³-hybridized carbons (Fsp3) is 0.241. The molecule has 1 fully saturated rings. The van der Waals surface area contributed by atoms with Crippen LogP contribution in [0.2, 0.25) is 5.02 Å². The Balaban J connectivity index is 1.52. The largest absolute Gasteiger partial charge is 0.508 e. The number of aromatic hydroxyl groups is 1. The number of Topliss-reactive ketones (excluding diaryl/α,β-unsaturated/α-hetero) is 1. The number of phenolic OH excluding ortho intramolecular Hbond substituents is 1. The first-order valence-electron chi connectivity index (χ1n) is 11.9. The van der Waals surface area contributed by atoms with E-state index in [1.807, 2.05) is 12.1 Å². The minimum Gasteiger partial charge on any atom is -0.508 e. The number of allylic oxidation sites excluding steroid dienone is 6.